The summed E-state index contributed by atoms with van der Waals surface area (Å²) >= 11 is 7.61. The second kappa shape index (κ2) is 8.30. The van der Waals surface area contributed by atoms with Crippen molar-refractivity contribution in [2.24, 2.45) is 0 Å². The van der Waals surface area contributed by atoms with Gasteiger partial charge in [-0.2, -0.15) is 10.4 Å². The molecule has 28 heavy (non-hydrogen) atoms. The number of benzene rings is 2. The summed E-state index contributed by atoms with van der Waals surface area (Å²) in [4.78, 5) is 6.49. The number of hydrogen-bond acceptors (Lipinski definition) is 4. The van der Waals surface area contributed by atoms with Crippen molar-refractivity contribution in [3.05, 3.63) is 95.3 Å². The first-order chi connectivity index (χ1) is 13.7. The van der Waals surface area contributed by atoms with Crippen molar-refractivity contribution in [3.63, 3.8) is 0 Å². The van der Waals surface area contributed by atoms with Crippen LogP contribution in [0.1, 0.15) is 11.1 Å². The van der Waals surface area contributed by atoms with Gasteiger partial charge >= 0.3 is 0 Å². The lowest BCUT2D eigenvalue weighted by atomic mass is 10.2. The minimum absolute atomic E-state index is 0.527. The molecule has 0 aliphatic heterocycles. The lowest BCUT2D eigenvalue weighted by Gasteiger charge is -2.02. The van der Waals surface area contributed by atoms with Crippen LogP contribution in [-0.4, -0.2) is 14.8 Å². The topological polar surface area (TPSA) is 54.5 Å². The summed E-state index contributed by atoms with van der Waals surface area (Å²) in [6, 6.07) is 23.6. The van der Waals surface area contributed by atoms with E-state index >= 15 is 0 Å². The Bertz CT molecular complexity index is 1110. The molecule has 0 atom stereocenters. The first kappa shape index (κ1) is 18.3. The van der Waals surface area contributed by atoms with Crippen LogP contribution in [0.15, 0.2) is 88.9 Å². The minimum Gasteiger partial charge on any atom is -0.266 e. The van der Waals surface area contributed by atoms with E-state index in [9.17, 15) is 0 Å². The number of pyridine rings is 1. The van der Waals surface area contributed by atoms with Gasteiger partial charge < -0.3 is 0 Å². The minimum atomic E-state index is 0.527. The third-order valence-electron chi connectivity index (χ3n) is 4.09. The SMILES string of the molecule is N#Cc1ccc(-c2nn(Cc3ccccc3)cc2Sc2ccc(Cl)cc2)nc1. The Labute approximate surface area is 172 Å². The third kappa shape index (κ3) is 4.25. The summed E-state index contributed by atoms with van der Waals surface area (Å²) in [5.41, 5.74) is 3.23. The van der Waals surface area contributed by atoms with Crippen LogP contribution in [0, 0.1) is 11.3 Å². The Morgan fingerprint density at radius 1 is 1.00 bits per heavy atom. The number of hydrogen-bond donors (Lipinski definition) is 0. The summed E-state index contributed by atoms with van der Waals surface area (Å²) in [6.07, 6.45) is 3.60. The van der Waals surface area contributed by atoms with Gasteiger partial charge in [-0.1, -0.05) is 53.7 Å². The highest BCUT2D eigenvalue weighted by Crippen LogP contribution is 2.35. The fourth-order valence-corrected chi connectivity index (χ4v) is 3.80. The van der Waals surface area contributed by atoms with Crippen LogP contribution in [0.4, 0.5) is 0 Å². The predicted octanol–water partition coefficient (Wildman–Crippen LogP) is 5.67. The van der Waals surface area contributed by atoms with Crippen molar-refractivity contribution in [3.8, 4) is 17.5 Å². The summed E-state index contributed by atoms with van der Waals surface area (Å²) in [5.74, 6) is 0. The molecule has 0 unspecified atom stereocenters. The second-order valence-corrected chi connectivity index (χ2v) is 7.68. The fourth-order valence-electron chi connectivity index (χ4n) is 2.74. The molecule has 0 N–H and O–H groups in total. The molecule has 0 saturated heterocycles. The molecule has 2 heterocycles. The number of nitriles is 1. The molecular weight excluding hydrogens is 388 g/mol. The Hall–Kier alpha value is -3.07. The zero-order valence-corrected chi connectivity index (χ0v) is 16.4. The maximum absolute atomic E-state index is 9.01. The van der Waals surface area contributed by atoms with Gasteiger partial charge in [-0.25, -0.2) is 0 Å². The highest BCUT2D eigenvalue weighted by Gasteiger charge is 2.14. The van der Waals surface area contributed by atoms with Crippen LogP contribution < -0.4 is 0 Å². The van der Waals surface area contributed by atoms with Crippen LogP contribution >= 0.6 is 23.4 Å². The number of rotatable bonds is 5. The summed E-state index contributed by atoms with van der Waals surface area (Å²) in [6.45, 7) is 0.672. The molecule has 0 amide bonds. The Morgan fingerprint density at radius 2 is 1.79 bits per heavy atom. The zero-order chi connectivity index (χ0) is 19.3. The van der Waals surface area contributed by atoms with Gasteiger partial charge in [0, 0.05) is 22.3 Å². The summed E-state index contributed by atoms with van der Waals surface area (Å²) in [5, 5.41) is 14.5. The molecule has 4 rings (SSSR count). The smallest absolute Gasteiger partial charge is 0.125 e. The number of aromatic nitrogens is 3. The first-order valence-electron chi connectivity index (χ1n) is 8.62. The molecule has 4 aromatic rings. The molecule has 0 saturated carbocycles. The first-order valence-corrected chi connectivity index (χ1v) is 9.82. The molecule has 0 aliphatic carbocycles. The van der Waals surface area contributed by atoms with Gasteiger partial charge in [-0.05, 0) is 42.0 Å². The van der Waals surface area contributed by atoms with Crippen LogP contribution in [-0.2, 0) is 6.54 Å². The zero-order valence-electron chi connectivity index (χ0n) is 14.8. The molecule has 6 heteroatoms. The number of nitrogens with zero attached hydrogens (tertiary/aromatic N) is 4. The van der Waals surface area contributed by atoms with Crippen molar-refractivity contribution in [1.82, 2.24) is 14.8 Å². The second-order valence-electron chi connectivity index (χ2n) is 6.13. The molecule has 0 radical (unpaired) electrons. The largest absolute Gasteiger partial charge is 0.266 e. The van der Waals surface area contributed by atoms with Gasteiger partial charge in [-0.15, -0.1) is 0 Å². The van der Waals surface area contributed by atoms with Crippen LogP contribution in [0.3, 0.4) is 0 Å². The Kier molecular flexibility index (Phi) is 5.43. The van der Waals surface area contributed by atoms with E-state index in [-0.39, 0.29) is 0 Å². The Balaban J connectivity index is 1.70. The van der Waals surface area contributed by atoms with Gasteiger partial charge in [0.2, 0.25) is 0 Å². The summed E-state index contributed by atoms with van der Waals surface area (Å²) < 4.78 is 1.92. The lowest BCUT2D eigenvalue weighted by Crippen LogP contribution is -2.00. The van der Waals surface area contributed by atoms with Crippen LogP contribution in [0.2, 0.25) is 5.02 Å². The van der Waals surface area contributed by atoms with E-state index in [0.717, 1.165) is 21.2 Å². The maximum atomic E-state index is 9.01. The van der Waals surface area contributed by atoms with E-state index in [0.29, 0.717) is 17.1 Å². The van der Waals surface area contributed by atoms with Crippen molar-refractivity contribution in [2.45, 2.75) is 16.3 Å². The van der Waals surface area contributed by atoms with Crippen LogP contribution in [0.25, 0.3) is 11.4 Å². The highest BCUT2D eigenvalue weighted by molar-refractivity contribution is 7.99. The Morgan fingerprint density at radius 3 is 2.46 bits per heavy atom. The van der Waals surface area contributed by atoms with Crippen molar-refractivity contribution >= 4 is 23.4 Å². The molecule has 2 aromatic heterocycles. The molecule has 0 bridgehead atoms. The highest BCUT2D eigenvalue weighted by atomic mass is 35.5. The van der Waals surface area contributed by atoms with E-state index in [2.05, 4.69) is 23.2 Å². The van der Waals surface area contributed by atoms with E-state index in [4.69, 9.17) is 22.0 Å². The normalized spacial score (nSPS) is 10.6. The quantitative estimate of drug-likeness (QED) is 0.431. The molecule has 4 nitrogen and oxygen atoms in total. The van der Waals surface area contributed by atoms with E-state index in [1.807, 2.05) is 59.4 Å². The standard InChI is InChI=1S/C22H15ClN4S/c23-18-7-9-19(10-8-18)28-21-15-27(14-16-4-2-1-3-5-16)26-22(21)20-11-6-17(12-24)13-25-20/h1-11,13,15H,14H2. The fraction of sp³-hybridized carbons (Fsp3) is 0.0455. The summed E-state index contributed by atoms with van der Waals surface area (Å²) in [7, 11) is 0. The van der Waals surface area contributed by atoms with Gasteiger partial charge in [0.25, 0.3) is 0 Å². The van der Waals surface area contributed by atoms with E-state index < -0.39 is 0 Å². The van der Waals surface area contributed by atoms with E-state index in [1.54, 1.807) is 24.0 Å². The average Bonchev–Trinajstić information content (AvgIpc) is 3.12. The molecule has 2 aromatic carbocycles. The number of halogens is 1. The third-order valence-corrected chi connectivity index (χ3v) is 5.37. The van der Waals surface area contributed by atoms with Gasteiger partial charge in [0.15, 0.2) is 0 Å². The van der Waals surface area contributed by atoms with E-state index in [1.165, 1.54) is 5.56 Å². The molecule has 0 aliphatic rings. The van der Waals surface area contributed by atoms with Crippen molar-refractivity contribution < 1.29 is 0 Å². The molecule has 0 spiro atoms. The monoisotopic (exact) mass is 402 g/mol. The molecular formula is C22H15ClN4S. The molecule has 0 fully saturated rings. The molecule has 136 valence electrons. The van der Waals surface area contributed by atoms with Gasteiger partial charge in [0.05, 0.1) is 22.7 Å². The maximum Gasteiger partial charge on any atom is 0.125 e. The van der Waals surface area contributed by atoms with Crippen molar-refractivity contribution in [2.75, 3.05) is 0 Å². The lowest BCUT2D eigenvalue weighted by molar-refractivity contribution is 0.687. The average molecular weight is 403 g/mol. The van der Waals surface area contributed by atoms with Gasteiger partial charge in [0.1, 0.15) is 11.8 Å². The van der Waals surface area contributed by atoms with Crippen molar-refractivity contribution in [1.29, 1.82) is 5.26 Å². The van der Waals surface area contributed by atoms with Gasteiger partial charge in [-0.3, -0.25) is 9.67 Å². The predicted molar refractivity (Wildman–Crippen MR) is 111 cm³/mol. The van der Waals surface area contributed by atoms with Crippen LogP contribution in [0.5, 0.6) is 0 Å².